The van der Waals surface area contributed by atoms with Crippen LogP contribution >= 0.6 is 0 Å². The second-order valence-corrected chi connectivity index (χ2v) is 7.24. The number of nitrogens with one attached hydrogen (secondary N) is 1. The van der Waals surface area contributed by atoms with Gasteiger partial charge in [0, 0.05) is 29.7 Å². The van der Waals surface area contributed by atoms with Gasteiger partial charge in [-0.1, -0.05) is 30.7 Å². The monoisotopic (exact) mass is 374 g/mol. The van der Waals surface area contributed by atoms with Gasteiger partial charge in [-0.05, 0) is 37.8 Å². The molecule has 7 nitrogen and oxygen atoms in total. The fourth-order valence-electron chi connectivity index (χ4n) is 3.66. The van der Waals surface area contributed by atoms with Crippen LogP contribution in [0.3, 0.4) is 0 Å². The van der Waals surface area contributed by atoms with Crippen LogP contribution in [-0.2, 0) is 10.2 Å². The van der Waals surface area contributed by atoms with Gasteiger partial charge in [-0.15, -0.1) is 0 Å². The summed E-state index contributed by atoms with van der Waals surface area (Å²) >= 11 is 0. The summed E-state index contributed by atoms with van der Waals surface area (Å²) < 4.78 is 0. The Morgan fingerprint density at radius 2 is 1.71 bits per heavy atom. The maximum atomic E-state index is 13.1. The molecule has 7 heteroatoms. The number of nitrogens with two attached hydrogens (primary N) is 1. The van der Waals surface area contributed by atoms with Crippen LogP contribution in [0.2, 0.25) is 0 Å². The number of hydrogen-bond acceptors (Lipinski definition) is 6. The predicted molar refractivity (Wildman–Crippen MR) is 108 cm³/mol. The number of benzene rings is 1. The van der Waals surface area contributed by atoms with Crippen molar-refractivity contribution in [1.29, 1.82) is 0 Å². The SMILES string of the molecule is Cc1cc(NC(=O)C2(c3ccc(-c4cnc(N)nc4)cc3)CCC2)nc(C)n1. The summed E-state index contributed by atoms with van der Waals surface area (Å²) in [4.78, 5) is 29.8. The number of nitrogens with zero attached hydrogens (tertiary/aromatic N) is 4. The number of aromatic nitrogens is 4. The summed E-state index contributed by atoms with van der Waals surface area (Å²) in [6.07, 6.45) is 6.08. The van der Waals surface area contributed by atoms with Gasteiger partial charge in [0.2, 0.25) is 11.9 Å². The van der Waals surface area contributed by atoms with E-state index in [1.165, 1.54) is 0 Å². The molecule has 0 aliphatic heterocycles. The zero-order valence-corrected chi connectivity index (χ0v) is 15.9. The highest BCUT2D eigenvalue weighted by Crippen LogP contribution is 2.45. The van der Waals surface area contributed by atoms with E-state index in [0.717, 1.165) is 41.6 Å². The van der Waals surface area contributed by atoms with E-state index in [1.807, 2.05) is 38.1 Å². The van der Waals surface area contributed by atoms with Crippen LogP contribution in [0.5, 0.6) is 0 Å². The minimum Gasteiger partial charge on any atom is -0.368 e. The predicted octanol–water partition coefficient (Wildman–Crippen LogP) is 3.19. The van der Waals surface area contributed by atoms with Gasteiger partial charge in [-0.2, -0.15) is 0 Å². The van der Waals surface area contributed by atoms with Gasteiger partial charge in [-0.3, -0.25) is 4.79 Å². The molecule has 1 fully saturated rings. The summed E-state index contributed by atoms with van der Waals surface area (Å²) in [6, 6.07) is 9.82. The van der Waals surface area contributed by atoms with Gasteiger partial charge >= 0.3 is 0 Å². The van der Waals surface area contributed by atoms with Crippen LogP contribution in [0.15, 0.2) is 42.7 Å². The Morgan fingerprint density at radius 1 is 1.04 bits per heavy atom. The van der Waals surface area contributed by atoms with Gasteiger partial charge < -0.3 is 11.1 Å². The quantitative estimate of drug-likeness (QED) is 0.726. The molecule has 28 heavy (non-hydrogen) atoms. The number of carbonyl (C=O) groups is 1. The van der Waals surface area contributed by atoms with E-state index in [1.54, 1.807) is 18.5 Å². The molecular formula is C21H22N6O. The van der Waals surface area contributed by atoms with E-state index < -0.39 is 5.41 Å². The summed E-state index contributed by atoms with van der Waals surface area (Å²) in [5.41, 5.74) is 8.76. The topological polar surface area (TPSA) is 107 Å². The van der Waals surface area contributed by atoms with Crippen LogP contribution < -0.4 is 11.1 Å². The molecule has 142 valence electrons. The smallest absolute Gasteiger partial charge is 0.236 e. The van der Waals surface area contributed by atoms with Gasteiger partial charge in [0.1, 0.15) is 11.6 Å². The highest BCUT2D eigenvalue weighted by Gasteiger charge is 2.45. The number of amides is 1. The van der Waals surface area contributed by atoms with E-state index in [2.05, 4.69) is 25.3 Å². The van der Waals surface area contributed by atoms with E-state index >= 15 is 0 Å². The first-order chi connectivity index (χ1) is 13.5. The van der Waals surface area contributed by atoms with Crippen molar-refractivity contribution >= 4 is 17.7 Å². The zero-order valence-electron chi connectivity index (χ0n) is 15.9. The Kier molecular flexibility index (Phi) is 4.50. The molecule has 1 amide bonds. The third-order valence-corrected chi connectivity index (χ3v) is 5.29. The van der Waals surface area contributed by atoms with Gasteiger partial charge in [0.25, 0.3) is 0 Å². The van der Waals surface area contributed by atoms with Gasteiger partial charge in [0.05, 0.1) is 5.41 Å². The summed E-state index contributed by atoms with van der Waals surface area (Å²) in [6.45, 7) is 3.71. The zero-order chi connectivity index (χ0) is 19.7. The molecule has 1 aliphatic rings. The van der Waals surface area contributed by atoms with E-state index in [-0.39, 0.29) is 11.9 Å². The Hall–Kier alpha value is -3.35. The molecule has 4 rings (SSSR count). The molecule has 0 atom stereocenters. The fourth-order valence-corrected chi connectivity index (χ4v) is 3.66. The molecule has 3 aromatic rings. The van der Waals surface area contributed by atoms with Crippen LogP contribution in [0, 0.1) is 13.8 Å². The maximum Gasteiger partial charge on any atom is 0.236 e. The lowest BCUT2D eigenvalue weighted by molar-refractivity contribution is -0.124. The van der Waals surface area contributed by atoms with Crippen molar-refractivity contribution < 1.29 is 4.79 Å². The highest BCUT2D eigenvalue weighted by atomic mass is 16.2. The lowest BCUT2D eigenvalue weighted by Crippen LogP contribution is -2.46. The molecule has 1 aliphatic carbocycles. The standard InChI is InChI=1S/C21H22N6O/c1-13-10-18(26-14(2)25-13)27-19(28)21(8-3-9-21)17-6-4-15(5-7-17)16-11-23-20(22)24-12-16/h4-7,10-12H,3,8-9H2,1-2H3,(H2,22,23,24)(H,25,26,27,28). The first kappa shape index (κ1) is 18.0. The third kappa shape index (κ3) is 3.31. The molecular weight excluding hydrogens is 352 g/mol. The van der Waals surface area contributed by atoms with Crippen molar-refractivity contribution in [3.63, 3.8) is 0 Å². The van der Waals surface area contributed by atoms with Crippen LogP contribution in [-0.4, -0.2) is 25.8 Å². The molecule has 0 bridgehead atoms. The van der Waals surface area contributed by atoms with E-state index in [9.17, 15) is 4.79 Å². The molecule has 2 aromatic heterocycles. The van der Waals surface area contributed by atoms with Crippen molar-refractivity contribution in [1.82, 2.24) is 19.9 Å². The summed E-state index contributed by atoms with van der Waals surface area (Å²) in [5, 5.41) is 2.99. The van der Waals surface area contributed by atoms with Crippen molar-refractivity contribution in [3.05, 3.63) is 59.8 Å². The van der Waals surface area contributed by atoms with Crippen LogP contribution in [0.1, 0.15) is 36.3 Å². The highest BCUT2D eigenvalue weighted by molar-refractivity contribution is 5.99. The normalized spacial score (nSPS) is 14.9. The molecule has 3 N–H and O–H groups in total. The average Bonchev–Trinajstić information content (AvgIpc) is 2.61. The van der Waals surface area contributed by atoms with Gasteiger partial charge in [0.15, 0.2) is 0 Å². The molecule has 1 aromatic carbocycles. The molecule has 0 saturated heterocycles. The van der Waals surface area contributed by atoms with Gasteiger partial charge in [-0.25, -0.2) is 19.9 Å². The van der Waals surface area contributed by atoms with Crippen molar-refractivity contribution in [2.75, 3.05) is 11.1 Å². The number of aryl methyl sites for hydroxylation is 2. The number of carbonyl (C=O) groups excluding carboxylic acids is 1. The van der Waals surface area contributed by atoms with Crippen LogP contribution in [0.25, 0.3) is 11.1 Å². The molecule has 0 unspecified atom stereocenters. The molecule has 1 saturated carbocycles. The maximum absolute atomic E-state index is 13.1. The van der Waals surface area contributed by atoms with E-state index in [4.69, 9.17) is 5.73 Å². The second kappa shape index (κ2) is 6.99. The molecule has 0 radical (unpaired) electrons. The number of hydrogen-bond donors (Lipinski definition) is 2. The van der Waals surface area contributed by atoms with Crippen molar-refractivity contribution in [2.24, 2.45) is 0 Å². The Balaban J connectivity index is 1.58. The number of rotatable bonds is 4. The summed E-state index contributed by atoms with van der Waals surface area (Å²) in [5.74, 6) is 1.44. The largest absolute Gasteiger partial charge is 0.368 e. The fraction of sp³-hybridized carbons (Fsp3) is 0.286. The lowest BCUT2D eigenvalue weighted by atomic mass is 9.63. The average molecular weight is 374 g/mol. The van der Waals surface area contributed by atoms with Crippen LogP contribution in [0.4, 0.5) is 11.8 Å². The molecule has 0 spiro atoms. The first-order valence-corrected chi connectivity index (χ1v) is 9.28. The Bertz CT molecular complexity index is 990. The molecule has 2 heterocycles. The lowest BCUT2D eigenvalue weighted by Gasteiger charge is -2.40. The number of nitrogen functional groups attached to an aromatic ring is 1. The number of anilines is 2. The van der Waals surface area contributed by atoms with Crippen molar-refractivity contribution in [3.8, 4) is 11.1 Å². The minimum absolute atomic E-state index is 0.0141. The van der Waals surface area contributed by atoms with Crippen molar-refractivity contribution in [2.45, 2.75) is 38.5 Å². The van der Waals surface area contributed by atoms with E-state index in [0.29, 0.717) is 11.6 Å². The summed E-state index contributed by atoms with van der Waals surface area (Å²) in [7, 11) is 0. The Morgan fingerprint density at radius 3 is 2.29 bits per heavy atom. The Labute approximate surface area is 163 Å². The second-order valence-electron chi connectivity index (χ2n) is 7.24. The first-order valence-electron chi connectivity index (χ1n) is 9.28. The third-order valence-electron chi connectivity index (χ3n) is 5.29. The minimum atomic E-state index is -0.511.